The molecule has 3 rings (SSSR count). The number of hydrogen-bond donors (Lipinski definition) is 3. The summed E-state index contributed by atoms with van der Waals surface area (Å²) >= 11 is -1.05. The molecule has 4 N–H and O–H groups in total. The number of nitrogens with two attached hydrogens (primary N) is 1. The zero-order chi connectivity index (χ0) is 18.0. The average Bonchev–Trinajstić information content (AvgIpc) is 3.02. The number of nitrogens with one attached hydrogen (secondary N) is 2. The Morgan fingerprint density at radius 1 is 1.36 bits per heavy atom. The van der Waals surface area contributed by atoms with E-state index in [1.54, 1.807) is 25.3 Å². The van der Waals surface area contributed by atoms with Gasteiger partial charge in [0, 0.05) is 11.8 Å². The fourth-order valence-corrected chi connectivity index (χ4v) is 3.32. The molecular formula is C17H18N4O3S. The molecule has 0 saturated heterocycles. The number of benzene rings is 2. The molecule has 2 aromatic carbocycles. The Morgan fingerprint density at radius 2 is 2.16 bits per heavy atom. The number of amides is 2. The largest absolute Gasteiger partial charge is 0.611 e. The van der Waals surface area contributed by atoms with Crippen molar-refractivity contribution >= 4 is 33.9 Å². The van der Waals surface area contributed by atoms with Gasteiger partial charge in [0.15, 0.2) is 4.90 Å². The summed E-state index contributed by atoms with van der Waals surface area (Å²) in [6, 6.07) is 10.1. The van der Waals surface area contributed by atoms with Crippen molar-refractivity contribution in [1.82, 2.24) is 9.97 Å². The summed E-state index contributed by atoms with van der Waals surface area (Å²) in [5.41, 5.74) is 7.96. The molecule has 1 atom stereocenters. The highest BCUT2D eigenvalue weighted by atomic mass is 32.2. The van der Waals surface area contributed by atoms with Gasteiger partial charge in [-0.05, 0) is 48.4 Å². The third kappa shape index (κ3) is 3.54. The minimum Gasteiger partial charge on any atom is -0.611 e. The first-order chi connectivity index (χ1) is 12.0. The molecule has 1 aromatic heterocycles. The van der Waals surface area contributed by atoms with E-state index in [0.717, 1.165) is 11.1 Å². The summed E-state index contributed by atoms with van der Waals surface area (Å²) in [7, 11) is 1.56. The number of hydrogen-bond acceptors (Lipinski definition) is 4. The van der Waals surface area contributed by atoms with Crippen molar-refractivity contribution in [3.63, 3.8) is 0 Å². The maximum Gasteiger partial charge on any atom is 0.316 e. The van der Waals surface area contributed by atoms with E-state index in [9.17, 15) is 9.35 Å². The second kappa shape index (κ2) is 7.04. The van der Waals surface area contributed by atoms with Crippen molar-refractivity contribution in [3.8, 4) is 17.1 Å². The van der Waals surface area contributed by atoms with Gasteiger partial charge in [0.1, 0.15) is 17.3 Å². The van der Waals surface area contributed by atoms with E-state index in [-0.39, 0.29) is 0 Å². The molecule has 0 saturated carbocycles. The third-order valence-corrected chi connectivity index (χ3v) is 5.01. The summed E-state index contributed by atoms with van der Waals surface area (Å²) < 4.78 is 17.4. The van der Waals surface area contributed by atoms with Gasteiger partial charge in [-0.3, -0.25) is 0 Å². The molecule has 0 aliphatic carbocycles. The zero-order valence-electron chi connectivity index (χ0n) is 13.8. The van der Waals surface area contributed by atoms with Crippen LogP contribution in [0.25, 0.3) is 22.4 Å². The SMILES string of the molecule is CC[S+]([O-])c1ccc(-c2nc3cc(NC(N)=O)ccc3[nH]2)c(OC)c1. The molecule has 25 heavy (non-hydrogen) atoms. The van der Waals surface area contributed by atoms with Crippen molar-refractivity contribution in [2.24, 2.45) is 5.73 Å². The maximum absolute atomic E-state index is 12.0. The van der Waals surface area contributed by atoms with Crippen LogP contribution in [0.3, 0.4) is 0 Å². The molecule has 3 aromatic rings. The second-order valence-corrected chi connectivity index (χ2v) is 7.04. The molecule has 0 fully saturated rings. The Kier molecular flexibility index (Phi) is 4.82. The number of anilines is 1. The van der Waals surface area contributed by atoms with Gasteiger partial charge >= 0.3 is 6.03 Å². The van der Waals surface area contributed by atoms with Crippen molar-refractivity contribution < 1.29 is 14.1 Å². The van der Waals surface area contributed by atoms with Crippen molar-refractivity contribution in [3.05, 3.63) is 36.4 Å². The van der Waals surface area contributed by atoms with Gasteiger partial charge in [-0.2, -0.15) is 0 Å². The number of ether oxygens (including phenoxy) is 1. The van der Waals surface area contributed by atoms with Gasteiger partial charge in [0.2, 0.25) is 0 Å². The summed E-state index contributed by atoms with van der Waals surface area (Å²) in [6.45, 7) is 1.87. The molecule has 0 spiro atoms. The monoisotopic (exact) mass is 358 g/mol. The van der Waals surface area contributed by atoms with E-state index < -0.39 is 17.2 Å². The number of carbonyl (C=O) groups is 1. The zero-order valence-corrected chi connectivity index (χ0v) is 14.6. The smallest absolute Gasteiger partial charge is 0.316 e. The molecule has 130 valence electrons. The lowest BCUT2D eigenvalue weighted by molar-refractivity contribution is 0.259. The number of primary amides is 1. The molecule has 2 amide bonds. The lowest BCUT2D eigenvalue weighted by atomic mass is 10.2. The van der Waals surface area contributed by atoms with Crippen LogP contribution in [0.2, 0.25) is 0 Å². The number of aromatic amines is 1. The van der Waals surface area contributed by atoms with E-state index in [4.69, 9.17) is 10.5 Å². The Morgan fingerprint density at radius 3 is 2.84 bits per heavy atom. The number of carbonyl (C=O) groups excluding carboxylic acids is 1. The predicted molar refractivity (Wildman–Crippen MR) is 98.2 cm³/mol. The van der Waals surface area contributed by atoms with Crippen LogP contribution >= 0.6 is 0 Å². The van der Waals surface area contributed by atoms with E-state index >= 15 is 0 Å². The molecule has 0 radical (unpaired) electrons. The lowest BCUT2D eigenvalue weighted by Gasteiger charge is -2.11. The summed E-state index contributed by atoms with van der Waals surface area (Å²) in [5.74, 6) is 1.76. The minimum absolute atomic E-state index is 0.544. The van der Waals surface area contributed by atoms with E-state index in [2.05, 4.69) is 15.3 Å². The van der Waals surface area contributed by atoms with Crippen LogP contribution in [0, 0.1) is 0 Å². The molecule has 1 unspecified atom stereocenters. The first kappa shape index (κ1) is 17.1. The van der Waals surface area contributed by atoms with Crippen LogP contribution in [-0.4, -0.2) is 33.4 Å². The molecule has 0 bridgehead atoms. The highest BCUT2D eigenvalue weighted by Crippen LogP contribution is 2.32. The minimum atomic E-state index is -1.05. The number of methoxy groups -OCH3 is 1. The van der Waals surface area contributed by atoms with Gasteiger partial charge in [-0.25, -0.2) is 9.78 Å². The van der Waals surface area contributed by atoms with Gasteiger partial charge in [0.25, 0.3) is 0 Å². The van der Waals surface area contributed by atoms with E-state index in [1.165, 1.54) is 0 Å². The highest BCUT2D eigenvalue weighted by Gasteiger charge is 2.16. The maximum atomic E-state index is 12.0. The first-order valence-electron chi connectivity index (χ1n) is 7.65. The van der Waals surface area contributed by atoms with Crippen LogP contribution in [0.4, 0.5) is 10.5 Å². The number of rotatable bonds is 5. The van der Waals surface area contributed by atoms with Crippen LogP contribution in [-0.2, 0) is 11.2 Å². The quantitative estimate of drug-likeness (QED) is 0.608. The number of nitrogens with zero attached hydrogens (tertiary/aromatic N) is 1. The van der Waals surface area contributed by atoms with Crippen LogP contribution < -0.4 is 15.8 Å². The number of imidazole rings is 1. The Balaban J connectivity index is 2.02. The molecule has 0 aliphatic rings. The number of fused-ring (bicyclic) bond motifs is 1. The fourth-order valence-electron chi connectivity index (χ4n) is 2.53. The summed E-state index contributed by atoms with van der Waals surface area (Å²) in [6.07, 6.45) is 0. The molecular weight excluding hydrogens is 340 g/mol. The summed E-state index contributed by atoms with van der Waals surface area (Å²) in [5, 5.41) is 2.52. The topological polar surface area (TPSA) is 116 Å². The van der Waals surface area contributed by atoms with Gasteiger partial charge < -0.3 is 25.3 Å². The summed E-state index contributed by atoms with van der Waals surface area (Å²) in [4.78, 5) is 19.5. The number of aromatic nitrogens is 2. The van der Waals surface area contributed by atoms with E-state index in [0.29, 0.717) is 33.4 Å². The van der Waals surface area contributed by atoms with Gasteiger partial charge in [-0.15, -0.1) is 0 Å². The van der Waals surface area contributed by atoms with Crippen LogP contribution in [0.5, 0.6) is 5.75 Å². The molecule has 7 nitrogen and oxygen atoms in total. The van der Waals surface area contributed by atoms with E-state index in [1.807, 2.05) is 25.1 Å². The third-order valence-electron chi connectivity index (χ3n) is 3.70. The van der Waals surface area contributed by atoms with Crippen LogP contribution in [0.1, 0.15) is 6.92 Å². The highest BCUT2D eigenvalue weighted by molar-refractivity contribution is 7.91. The van der Waals surface area contributed by atoms with Crippen molar-refractivity contribution in [2.75, 3.05) is 18.2 Å². The second-order valence-electron chi connectivity index (χ2n) is 5.30. The Bertz CT molecular complexity index is 925. The Labute approximate surface area is 147 Å². The Hall–Kier alpha value is -2.71. The predicted octanol–water partition coefficient (Wildman–Crippen LogP) is 2.86. The fraction of sp³-hybridized carbons (Fsp3) is 0.176. The number of H-pyrrole nitrogens is 1. The normalized spacial score (nSPS) is 12.1. The van der Waals surface area contributed by atoms with Crippen molar-refractivity contribution in [2.45, 2.75) is 11.8 Å². The average molecular weight is 358 g/mol. The van der Waals surface area contributed by atoms with Gasteiger partial charge in [-0.1, -0.05) is 0 Å². The number of urea groups is 1. The molecule has 8 heteroatoms. The lowest BCUT2D eigenvalue weighted by Crippen LogP contribution is -2.19. The molecule has 1 heterocycles. The van der Waals surface area contributed by atoms with Crippen LogP contribution in [0.15, 0.2) is 41.3 Å². The molecule has 0 aliphatic heterocycles. The standard InChI is InChI=1S/C17H18N4O3S/c1-3-25(23)11-5-6-12(15(9-11)24-2)16-20-13-7-4-10(19-17(18)22)8-14(13)21-16/h4-9H,3H2,1-2H3,(H,20,21)(H3,18,19,22). The van der Waals surface area contributed by atoms with Gasteiger partial charge in [0.05, 0.1) is 23.7 Å². The van der Waals surface area contributed by atoms with Crippen molar-refractivity contribution in [1.29, 1.82) is 0 Å². The first-order valence-corrected chi connectivity index (χ1v) is 8.96.